The molecule has 2 N–H and O–H groups in total. The molecular formula is C12H11BrN2O4S2. The molecule has 0 saturated heterocycles. The van der Waals surface area contributed by atoms with Crippen LogP contribution in [0.25, 0.3) is 0 Å². The molecule has 0 radical (unpaired) electrons. The third-order valence-corrected chi connectivity index (χ3v) is 6.11. The molecule has 1 aromatic carbocycles. The summed E-state index contributed by atoms with van der Waals surface area (Å²) in [5.41, 5.74) is -0.0968. The van der Waals surface area contributed by atoms with Crippen LogP contribution < -0.4 is 4.72 Å². The lowest BCUT2D eigenvalue weighted by molar-refractivity contribution is 0.0696. The molecule has 0 aliphatic heterocycles. The van der Waals surface area contributed by atoms with Gasteiger partial charge in [-0.1, -0.05) is 0 Å². The molecule has 0 amide bonds. The van der Waals surface area contributed by atoms with E-state index in [9.17, 15) is 13.2 Å². The molecule has 21 heavy (non-hydrogen) atoms. The number of hydrogen-bond acceptors (Lipinski definition) is 5. The first-order valence-electron chi connectivity index (χ1n) is 5.76. The lowest BCUT2D eigenvalue weighted by atomic mass is 10.2. The van der Waals surface area contributed by atoms with Crippen LogP contribution in [0.1, 0.15) is 28.3 Å². The van der Waals surface area contributed by atoms with Crippen molar-refractivity contribution in [1.82, 2.24) is 9.71 Å². The number of rotatable bonds is 5. The van der Waals surface area contributed by atoms with Gasteiger partial charge in [-0.2, -0.15) is 0 Å². The van der Waals surface area contributed by atoms with Crippen LogP contribution in [0.15, 0.2) is 39.1 Å². The van der Waals surface area contributed by atoms with Crippen LogP contribution in [0, 0.1) is 0 Å². The summed E-state index contributed by atoms with van der Waals surface area (Å²) in [6, 6.07) is 3.33. The summed E-state index contributed by atoms with van der Waals surface area (Å²) in [5.74, 6) is -1.19. The number of nitrogens with zero attached hydrogens (tertiary/aromatic N) is 1. The Balaban J connectivity index is 2.35. The third-order valence-electron chi connectivity index (χ3n) is 2.62. The number of nitrogens with one attached hydrogen (secondary N) is 1. The van der Waals surface area contributed by atoms with Crippen molar-refractivity contribution in [3.8, 4) is 0 Å². The van der Waals surface area contributed by atoms with Crippen molar-refractivity contribution in [2.45, 2.75) is 17.9 Å². The van der Waals surface area contributed by atoms with Gasteiger partial charge in [-0.15, -0.1) is 11.3 Å². The minimum absolute atomic E-state index is 0.0968. The van der Waals surface area contributed by atoms with E-state index in [0.29, 0.717) is 9.48 Å². The van der Waals surface area contributed by atoms with E-state index >= 15 is 0 Å². The quantitative estimate of drug-likeness (QED) is 0.817. The van der Waals surface area contributed by atoms with Crippen molar-refractivity contribution in [2.24, 2.45) is 0 Å². The number of halogens is 1. The Kier molecular flexibility index (Phi) is 4.77. The number of hydrogen-bond donors (Lipinski definition) is 2. The van der Waals surface area contributed by atoms with Crippen LogP contribution in [0.3, 0.4) is 0 Å². The lowest BCUT2D eigenvalue weighted by Crippen LogP contribution is -2.27. The van der Waals surface area contributed by atoms with Gasteiger partial charge in [0.15, 0.2) is 0 Å². The SMILES string of the molecule is CC(NS(=O)(=O)c1cc(C(=O)O)ccc1Br)c1nccs1. The van der Waals surface area contributed by atoms with Crippen molar-refractivity contribution >= 4 is 43.3 Å². The normalized spacial score (nSPS) is 13.0. The van der Waals surface area contributed by atoms with Crippen molar-refractivity contribution in [3.05, 3.63) is 44.8 Å². The lowest BCUT2D eigenvalue weighted by Gasteiger charge is -2.13. The van der Waals surface area contributed by atoms with Gasteiger partial charge in [0.25, 0.3) is 0 Å². The maximum atomic E-state index is 12.4. The summed E-state index contributed by atoms with van der Waals surface area (Å²) in [5, 5.41) is 11.3. The highest BCUT2D eigenvalue weighted by Gasteiger charge is 2.23. The third kappa shape index (κ3) is 3.67. The van der Waals surface area contributed by atoms with Gasteiger partial charge in [0.2, 0.25) is 10.0 Å². The zero-order chi connectivity index (χ0) is 15.6. The summed E-state index contributed by atoms with van der Waals surface area (Å²) in [7, 11) is -3.87. The number of thiazole rings is 1. The highest BCUT2D eigenvalue weighted by atomic mass is 79.9. The fourth-order valence-corrected chi connectivity index (χ4v) is 4.55. The first-order chi connectivity index (χ1) is 9.81. The highest BCUT2D eigenvalue weighted by Crippen LogP contribution is 2.25. The second-order valence-electron chi connectivity index (χ2n) is 4.16. The second-order valence-corrected chi connectivity index (χ2v) is 7.63. The molecule has 1 atom stereocenters. The minimum atomic E-state index is -3.87. The zero-order valence-electron chi connectivity index (χ0n) is 10.8. The van der Waals surface area contributed by atoms with E-state index < -0.39 is 22.0 Å². The van der Waals surface area contributed by atoms with E-state index in [0.717, 1.165) is 6.07 Å². The van der Waals surface area contributed by atoms with Gasteiger partial charge in [-0.05, 0) is 41.1 Å². The summed E-state index contributed by atoms with van der Waals surface area (Å²) in [6.07, 6.45) is 1.59. The Labute approximate surface area is 134 Å². The smallest absolute Gasteiger partial charge is 0.335 e. The highest BCUT2D eigenvalue weighted by molar-refractivity contribution is 9.10. The molecule has 0 bridgehead atoms. The Bertz CT molecular complexity index is 760. The molecule has 0 aliphatic rings. The Morgan fingerprint density at radius 1 is 1.48 bits per heavy atom. The molecule has 2 rings (SSSR count). The van der Waals surface area contributed by atoms with Crippen LogP contribution >= 0.6 is 27.3 Å². The Hall–Kier alpha value is -1.29. The van der Waals surface area contributed by atoms with Crippen LogP contribution in [0.2, 0.25) is 0 Å². The minimum Gasteiger partial charge on any atom is -0.478 e. The van der Waals surface area contributed by atoms with Crippen LogP contribution in [-0.4, -0.2) is 24.5 Å². The van der Waals surface area contributed by atoms with Gasteiger partial charge < -0.3 is 5.11 Å². The number of aromatic nitrogens is 1. The van der Waals surface area contributed by atoms with E-state index in [2.05, 4.69) is 25.6 Å². The number of carboxylic acids is 1. The molecule has 1 aromatic heterocycles. The molecule has 2 aromatic rings. The van der Waals surface area contributed by atoms with E-state index in [4.69, 9.17) is 5.11 Å². The maximum Gasteiger partial charge on any atom is 0.335 e. The van der Waals surface area contributed by atoms with Gasteiger partial charge in [-0.3, -0.25) is 0 Å². The molecular weight excluding hydrogens is 380 g/mol. The van der Waals surface area contributed by atoms with Crippen molar-refractivity contribution < 1.29 is 18.3 Å². The molecule has 9 heteroatoms. The maximum absolute atomic E-state index is 12.4. The fourth-order valence-electron chi connectivity index (χ4n) is 1.64. The van der Waals surface area contributed by atoms with E-state index in [1.165, 1.54) is 23.5 Å². The summed E-state index contributed by atoms with van der Waals surface area (Å²) < 4.78 is 27.5. The fraction of sp³-hybridized carbons (Fsp3) is 0.167. The molecule has 112 valence electrons. The van der Waals surface area contributed by atoms with Gasteiger partial charge in [0.1, 0.15) is 5.01 Å². The van der Waals surface area contributed by atoms with Crippen LogP contribution in [-0.2, 0) is 10.0 Å². The average molecular weight is 391 g/mol. The number of aromatic carboxylic acids is 1. The Morgan fingerprint density at radius 3 is 2.76 bits per heavy atom. The molecule has 6 nitrogen and oxygen atoms in total. The molecule has 0 aliphatic carbocycles. The first kappa shape index (κ1) is 16.1. The largest absolute Gasteiger partial charge is 0.478 e. The van der Waals surface area contributed by atoms with Crippen molar-refractivity contribution in [1.29, 1.82) is 0 Å². The van der Waals surface area contributed by atoms with Crippen molar-refractivity contribution in [2.75, 3.05) is 0 Å². The molecule has 1 unspecified atom stereocenters. The van der Waals surface area contributed by atoms with Gasteiger partial charge in [-0.25, -0.2) is 22.9 Å². The van der Waals surface area contributed by atoms with Gasteiger partial charge >= 0.3 is 5.97 Å². The Morgan fingerprint density at radius 2 is 2.19 bits per heavy atom. The summed E-state index contributed by atoms with van der Waals surface area (Å²) >= 11 is 4.46. The summed E-state index contributed by atoms with van der Waals surface area (Å²) in [6.45, 7) is 1.67. The standard InChI is InChI=1S/C12H11BrN2O4S2/c1-7(11-14-4-5-20-11)15-21(18,19)10-6-8(12(16)17)2-3-9(10)13/h2-7,15H,1H3,(H,16,17). The predicted molar refractivity (Wildman–Crippen MR) is 82.0 cm³/mol. The average Bonchev–Trinajstić information content (AvgIpc) is 2.92. The molecule has 0 fully saturated rings. The first-order valence-corrected chi connectivity index (χ1v) is 8.91. The molecule has 1 heterocycles. The van der Waals surface area contributed by atoms with Gasteiger partial charge in [0.05, 0.1) is 16.5 Å². The zero-order valence-corrected chi connectivity index (χ0v) is 14.0. The van der Waals surface area contributed by atoms with E-state index in [1.807, 2.05) is 0 Å². The summed E-state index contributed by atoms with van der Waals surface area (Å²) in [4.78, 5) is 14.9. The molecule has 0 saturated carbocycles. The predicted octanol–water partition coefficient (Wildman–Crippen LogP) is 2.64. The van der Waals surface area contributed by atoms with Gasteiger partial charge in [0, 0.05) is 16.0 Å². The topological polar surface area (TPSA) is 96.4 Å². The monoisotopic (exact) mass is 390 g/mol. The van der Waals surface area contributed by atoms with Crippen LogP contribution in [0.4, 0.5) is 0 Å². The number of benzene rings is 1. The van der Waals surface area contributed by atoms with E-state index in [1.54, 1.807) is 18.5 Å². The number of carbonyl (C=O) groups is 1. The number of sulfonamides is 1. The number of carboxylic acid groups (broad SMARTS) is 1. The molecule has 0 spiro atoms. The van der Waals surface area contributed by atoms with Crippen LogP contribution in [0.5, 0.6) is 0 Å². The van der Waals surface area contributed by atoms with Crippen molar-refractivity contribution in [3.63, 3.8) is 0 Å². The van der Waals surface area contributed by atoms with E-state index in [-0.39, 0.29) is 10.5 Å². The second kappa shape index (κ2) is 6.22.